The number of likely N-dealkylation sites (tertiary alicyclic amines) is 2. The Bertz CT molecular complexity index is 681. The lowest BCUT2D eigenvalue weighted by molar-refractivity contribution is -0.127. The van der Waals surface area contributed by atoms with Crippen LogP contribution in [-0.4, -0.2) is 73.7 Å². The molecule has 3 saturated heterocycles. The van der Waals surface area contributed by atoms with E-state index in [1.165, 1.54) is 18.4 Å². The molecule has 0 saturated carbocycles. The van der Waals surface area contributed by atoms with E-state index in [0.717, 1.165) is 70.8 Å². The maximum absolute atomic E-state index is 12.5. The molecular weight excluding hydrogens is 378 g/mol. The van der Waals surface area contributed by atoms with Gasteiger partial charge in [-0.2, -0.15) is 0 Å². The van der Waals surface area contributed by atoms with Crippen LogP contribution in [0.1, 0.15) is 51.2 Å². The number of piperidine rings is 2. The molecule has 3 fully saturated rings. The lowest BCUT2D eigenvalue weighted by atomic mass is 9.92. The van der Waals surface area contributed by atoms with E-state index in [1.807, 2.05) is 12.1 Å². The lowest BCUT2D eigenvalue weighted by Crippen LogP contribution is -2.49. The quantitative estimate of drug-likeness (QED) is 0.741. The summed E-state index contributed by atoms with van der Waals surface area (Å²) in [6.45, 7) is 9.14. The zero-order valence-corrected chi connectivity index (χ0v) is 18.4. The van der Waals surface area contributed by atoms with E-state index >= 15 is 0 Å². The Morgan fingerprint density at radius 1 is 1.17 bits per heavy atom. The van der Waals surface area contributed by atoms with Crippen LogP contribution in [0.2, 0.25) is 0 Å². The largest absolute Gasteiger partial charge is 0.465 e. The summed E-state index contributed by atoms with van der Waals surface area (Å²) in [6, 6.07) is 4.61. The van der Waals surface area contributed by atoms with Gasteiger partial charge < -0.3 is 19.4 Å². The number of nitrogens with one attached hydrogen (secondary N) is 1. The van der Waals surface area contributed by atoms with Crippen LogP contribution in [-0.2, 0) is 9.53 Å². The molecule has 0 radical (unpaired) electrons. The van der Waals surface area contributed by atoms with Gasteiger partial charge >= 0.3 is 0 Å². The summed E-state index contributed by atoms with van der Waals surface area (Å²) in [5, 5.41) is 3.13. The van der Waals surface area contributed by atoms with Crippen LogP contribution in [0.4, 0.5) is 0 Å². The fourth-order valence-corrected chi connectivity index (χ4v) is 5.15. The van der Waals surface area contributed by atoms with Gasteiger partial charge in [0.15, 0.2) is 0 Å². The van der Waals surface area contributed by atoms with Crippen LogP contribution in [0.25, 0.3) is 6.08 Å². The van der Waals surface area contributed by atoms with E-state index < -0.39 is 0 Å². The Balaban J connectivity index is 1.14. The fourth-order valence-electron chi connectivity index (χ4n) is 5.15. The first-order valence-corrected chi connectivity index (χ1v) is 11.7. The predicted molar refractivity (Wildman–Crippen MR) is 118 cm³/mol. The highest BCUT2D eigenvalue weighted by molar-refractivity contribution is 5.78. The number of hydrogen-bond donors (Lipinski definition) is 1. The van der Waals surface area contributed by atoms with Crippen LogP contribution in [0, 0.1) is 5.92 Å². The Morgan fingerprint density at radius 3 is 2.63 bits per heavy atom. The first kappa shape index (κ1) is 21.6. The number of hydrogen-bond acceptors (Lipinski definition) is 5. The minimum Gasteiger partial charge on any atom is -0.465 e. The Morgan fingerprint density at radius 2 is 1.97 bits per heavy atom. The minimum absolute atomic E-state index is 0.178. The maximum atomic E-state index is 12.5. The van der Waals surface area contributed by atoms with Crippen molar-refractivity contribution >= 4 is 12.0 Å². The van der Waals surface area contributed by atoms with Crippen molar-refractivity contribution in [2.45, 2.75) is 57.6 Å². The second-order valence-electron chi connectivity index (χ2n) is 9.20. The van der Waals surface area contributed by atoms with Crippen LogP contribution >= 0.6 is 0 Å². The average molecular weight is 416 g/mol. The van der Waals surface area contributed by atoms with Crippen LogP contribution < -0.4 is 5.32 Å². The molecule has 4 heterocycles. The monoisotopic (exact) mass is 415 g/mol. The van der Waals surface area contributed by atoms with E-state index in [4.69, 9.17) is 9.15 Å². The summed E-state index contributed by atoms with van der Waals surface area (Å²) in [5.41, 5.74) is 1.35. The molecule has 1 aromatic rings. The van der Waals surface area contributed by atoms with Crippen molar-refractivity contribution in [2.24, 2.45) is 5.92 Å². The summed E-state index contributed by atoms with van der Waals surface area (Å²) in [6.07, 6.45) is 10.7. The molecule has 0 unspecified atom stereocenters. The van der Waals surface area contributed by atoms with Gasteiger partial charge in [0, 0.05) is 31.7 Å². The molecule has 6 heteroatoms. The van der Waals surface area contributed by atoms with Crippen molar-refractivity contribution in [3.8, 4) is 0 Å². The summed E-state index contributed by atoms with van der Waals surface area (Å²) in [5.74, 6) is 1.35. The molecule has 1 aromatic heterocycles. The highest BCUT2D eigenvalue weighted by Gasteiger charge is 2.31. The molecule has 0 spiro atoms. The van der Waals surface area contributed by atoms with Crippen LogP contribution in [0.5, 0.6) is 0 Å². The van der Waals surface area contributed by atoms with Gasteiger partial charge in [0.1, 0.15) is 5.76 Å². The molecule has 30 heavy (non-hydrogen) atoms. The van der Waals surface area contributed by atoms with Gasteiger partial charge in [0.2, 0.25) is 5.91 Å². The Kier molecular flexibility index (Phi) is 7.63. The van der Waals surface area contributed by atoms with E-state index in [9.17, 15) is 4.79 Å². The van der Waals surface area contributed by atoms with Gasteiger partial charge in [-0.1, -0.05) is 5.57 Å². The standard InChI is InChI=1S/C24H37N3O3/c1-19(16-22-4-2-14-29-22)18-26-10-8-21(9-11-26)27-12-6-20(7-13-27)24(28)25-17-23-5-3-15-30-23/h2,4,14,16,20-21,23H,3,5-13,15,17-18H2,1H3,(H,25,28)/b19-16+/t23-/m1/s1. The van der Waals surface area contributed by atoms with Crippen LogP contribution in [0.15, 0.2) is 28.4 Å². The average Bonchev–Trinajstić information content (AvgIpc) is 3.47. The van der Waals surface area contributed by atoms with E-state index in [1.54, 1.807) is 6.26 Å². The third-order valence-electron chi connectivity index (χ3n) is 6.91. The van der Waals surface area contributed by atoms with E-state index in [-0.39, 0.29) is 17.9 Å². The van der Waals surface area contributed by atoms with Crippen molar-refractivity contribution < 1.29 is 13.9 Å². The van der Waals surface area contributed by atoms with Gasteiger partial charge in [0.25, 0.3) is 0 Å². The smallest absolute Gasteiger partial charge is 0.223 e. The van der Waals surface area contributed by atoms with Crippen molar-refractivity contribution in [1.29, 1.82) is 0 Å². The molecule has 3 aliphatic heterocycles. The molecule has 3 aliphatic rings. The summed E-state index contributed by atoms with van der Waals surface area (Å²) >= 11 is 0. The lowest BCUT2D eigenvalue weighted by Gasteiger charge is -2.41. The number of furan rings is 1. The van der Waals surface area contributed by atoms with Crippen molar-refractivity contribution in [3.05, 3.63) is 29.7 Å². The van der Waals surface area contributed by atoms with Gasteiger partial charge in [-0.25, -0.2) is 0 Å². The molecule has 6 nitrogen and oxygen atoms in total. The minimum atomic E-state index is 0.178. The molecule has 1 N–H and O–H groups in total. The zero-order chi connectivity index (χ0) is 20.8. The van der Waals surface area contributed by atoms with Gasteiger partial charge in [0.05, 0.1) is 12.4 Å². The molecule has 0 aromatic carbocycles. The van der Waals surface area contributed by atoms with E-state index in [2.05, 4.69) is 28.1 Å². The number of nitrogens with zero attached hydrogens (tertiary/aromatic N) is 2. The summed E-state index contributed by atoms with van der Waals surface area (Å²) < 4.78 is 11.0. The van der Waals surface area contributed by atoms with Crippen molar-refractivity contribution in [2.75, 3.05) is 45.9 Å². The summed E-state index contributed by atoms with van der Waals surface area (Å²) in [4.78, 5) is 17.7. The molecule has 166 valence electrons. The maximum Gasteiger partial charge on any atom is 0.223 e. The molecule has 1 amide bonds. The number of carbonyl (C=O) groups excluding carboxylic acids is 1. The van der Waals surface area contributed by atoms with Gasteiger partial charge in [-0.15, -0.1) is 0 Å². The molecule has 0 bridgehead atoms. The molecule has 1 atom stereocenters. The highest BCUT2D eigenvalue weighted by atomic mass is 16.5. The number of rotatable bonds is 7. The summed E-state index contributed by atoms with van der Waals surface area (Å²) in [7, 11) is 0. The fraction of sp³-hybridized carbons (Fsp3) is 0.708. The van der Waals surface area contributed by atoms with Crippen molar-refractivity contribution in [1.82, 2.24) is 15.1 Å². The first-order valence-electron chi connectivity index (χ1n) is 11.7. The molecule has 4 rings (SSSR count). The Labute approximate surface area is 180 Å². The number of carbonyl (C=O) groups is 1. The Hall–Kier alpha value is -1.63. The second kappa shape index (κ2) is 10.6. The highest BCUT2D eigenvalue weighted by Crippen LogP contribution is 2.25. The van der Waals surface area contributed by atoms with Crippen LogP contribution in [0.3, 0.4) is 0 Å². The number of ether oxygens (including phenoxy) is 1. The predicted octanol–water partition coefficient (Wildman–Crippen LogP) is 3.15. The third kappa shape index (κ3) is 5.96. The SMILES string of the molecule is C/C(=C\c1ccco1)CN1CCC(N2CCC(C(=O)NC[C@H]3CCCO3)CC2)CC1. The van der Waals surface area contributed by atoms with Crippen molar-refractivity contribution in [3.63, 3.8) is 0 Å². The molecule has 0 aliphatic carbocycles. The normalized spacial score (nSPS) is 25.6. The molecular formula is C24H37N3O3. The van der Waals surface area contributed by atoms with Gasteiger partial charge in [-0.05, 0) is 89.8 Å². The van der Waals surface area contributed by atoms with E-state index in [0.29, 0.717) is 12.6 Å². The topological polar surface area (TPSA) is 58.0 Å². The zero-order valence-electron chi connectivity index (χ0n) is 18.4. The van der Waals surface area contributed by atoms with Gasteiger partial charge in [-0.3, -0.25) is 9.69 Å². The third-order valence-corrected chi connectivity index (χ3v) is 6.91. The second-order valence-corrected chi connectivity index (χ2v) is 9.20. The number of amides is 1. The first-order chi connectivity index (χ1) is 14.7.